The zero-order valence-corrected chi connectivity index (χ0v) is 11.1. The first-order valence-corrected chi connectivity index (χ1v) is 6.52. The lowest BCUT2D eigenvalue weighted by molar-refractivity contribution is 1.17. The number of aromatic nitrogens is 1. The normalized spacial score (nSPS) is 10.6. The van der Waals surface area contributed by atoms with E-state index >= 15 is 0 Å². The maximum atomic E-state index is 6.14. The third-order valence-electron chi connectivity index (χ3n) is 3.11. The summed E-state index contributed by atoms with van der Waals surface area (Å²) in [6.07, 6.45) is 3.70. The summed E-state index contributed by atoms with van der Waals surface area (Å²) >= 11 is 6.14. The van der Waals surface area contributed by atoms with Crippen LogP contribution >= 0.6 is 11.6 Å². The van der Waals surface area contributed by atoms with Crippen LogP contribution in [0.25, 0.3) is 10.8 Å². The summed E-state index contributed by atoms with van der Waals surface area (Å²) in [6.45, 7) is 0.741. The molecule has 3 aromatic rings. The molecule has 0 saturated carbocycles. The molecular formula is C16H13ClN2. The predicted octanol–water partition coefficient (Wildman–Crippen LogP) is 4.50. The van der Waals surface area contributed by atoms with Gasteiger partial charge in [-0.25, -0.2) is 0 Å². The van der Waals surface area contributed by atoms with E-state index in [-0.39, 0.29) is 0 Å². The van der Waals surface area contributed by atoms with E-state index < -0.39 is 0 Å². The molecule has 0 bridgehead atoms. The number of halogens is 1. The van der Waals surface area contributed by atoms with E-state index in [2.05, 4.69) is 22.4 Å². The molecule has 0 unspecified atom stereocenters. The molecular weight excluding hydrogens is 256 g/mol. The van der Waals surface area contributed by atoms with Crippen molar-refractivity contribution in [2.75, 3.05) is 5.32 Å². The standard InChI is InChI=1S/C16H13ClN2/c17-15-6-1-2-7-16(15)19-11-13-5-3-4-12-10-18-9-8-14(12)13/h1-10,19H,11H2. The van der Waals surface area contributed by atoms with Crippen LogP contribution in [-0.4, -0.2) is 4.98 Å². The largest absolute Gasteiger partial charge is 0.380 e. The average Bonchev–Trinajstić information content (AvgIpc) is 2.46. The molecule has 2 nitrogen and oxygen atoms in total. The third kappa shape index (κ3) is 2.54. The molecule has 19 heavy (non-hydrogen) atoms. The molecule has 0 atom stereocenters. The van der Waals surface area contributed by atoms with Crippen molar-refractivity contribution in [3.8, 4) is 0 Å². The summed E-state index contributed by atoms with van der Waals surface area (Å²) in [5.41, 5.74) is 2.19. The van der Waals surface area contributed by atoms with Crippen LogP contribution in [0.1, 0.15) is 5.56 Å². The number of nitrogens with zero attached hydrogens (tertiary/aromatic N) is 1. The lowest BCUT2D eigenvalue weighted by Gasteiger charge is -2.10. The molecule has 94 valence electrons. The van der Waals surface area contributed by atoms with Crippen LogP contribution < -0.4 is 5.32 Å². The van der Waals surface area contributed by atoms with E-state index in [4.69, 9.17) is 11.6 Å². The van der Waals surface area contributed by atoms with Gasteiger partial charge in [0.1, 0.15) is 0 Å². The van der Waals surface area contributed by atoms with Crippen molar-refractivity contribution in [2.24, 2.45) is 0 Å². The Morgan fingerprint density at radius 1 is 1.00 bits per heavy atom. The second kappa shape index (κ2) is 5.29. The third-order valence-corrected chi connectivity index (χ3v) is 3.44. The van der Waals surface area contributed by atoms with Gasteiger partial charge in [0.15, 0.2) is 0 Å². The Morgan fingerprint density at radius 2 is 1.89 bits per heavy atom. The molecule has 0 amide bonds. The van der Waals surface area contributed by atoms with E-state index in [9.17, 15) is 0 Å². The fourth-order valence-electron chi connectivity index (χ4n) is 2.14. The van der Waals surface area contributed by atoms with Gasteiger partial charge in [-0.05, 0) is 29.1 Å². The fraction of sp³-hybridized carbons (Fsp3) is 0.0625. The molecule has 0 aliphatic rings. The minimum atomic E-state index is 0.740. The quantitative estimate of drug-likeness (QED) is 0.756. The number of hydrogen-bond acceptors (Lipinski definition) is 2. The van der Waals surface area contributed by atoms with E-state index in [0.29, 0.717) is 0 Å². The Bertz CT molecular complexity index is 704. The van der Waals surface area contributed by atoms with Gasteiger partial charge in [-0.15, -0.1) is 0 Å². The van der Waals surface area contributed by atoms with Gasteiger partial charge >= 0.3 is 0 Å². The molecule has 2 aromatic carbocycles. The van der Waals surface area contributed by atoms with Crippen molar-refractivity contribution in [1.82, 2.24) is 4.98 Å². The van der Waals surface area contributed by atoms with Crippen molar-refractivity contribution >= 4 is 28.1 Å². The molecule has 1 heterocycles. The van der Waals surface area contributed by atoms with Gasteiger partial charge in [0.05, 0.1) is 10.7 Å². The maximum absolute atomic E-state index is 6.14. The number of fused-ring (bicyclic) bond motifs is 1. The second-order valence-corrected chi connectivity index (χ2v) is 4.75. The highest BCUT2D eigenvalue weighted by atomic mass is 35.5. The van der Waals surface area contributed by atoms with Gasteiger partial charge in [0, 0.05) is 24.3 Å². The Labute approximate surface area is 117 Å². The first-order chi connectivity index (χ1) is 9.34. The van der Waals surface area contributed by atoms with Crippen LogP contribution in [-0.2, 0) is 6.54 Å². The van der Waals surface area contributed by atoms with Crippen LogP contribution in [0.3, 0.4) is 0 Å². The molecule has 0 aliphatic carbocycles. The van der Waals surface area contributed by atoms with Crippen LogP contribution in [0.5, 0.6) is 0 Å². The van der Waals surface area contributed by atoms with Crippen LogP contribution in [0.15, 0.2) is 60.9 Å². The lowest BCUT2D eigenvalue weighted by Crippen LogP contribution is -2.00. The van der Waals surface area contributed by atoms with Crippen molar-refractivity contribution in [3.05, 3.63) is 71.5 Å². The number of anilines is 1. The van der Waals surface area contributed by atoms with Gasteiger partial charge < -0.3 is 5.32 Å². The van der Waals surface area contributed by atoms with Crippen molar-refractivity contribution in [1.29, 1.82) is 0 Å². The monoisotopic (exact) mass is 268 g/mol. The maximum Gasteiger partial charge on any atom is 0.0637 e. The highest BCUT2D eigenvalue weighted by molar-refractivity contribution is 6.33. The summed E-state index contributed by atoms with van der Waals surface area (Å²) < 4.78 is 0. The minimum Gasteiger partial charge on any atom is -0.380 e. The summed E-state index contributed by atoms with van der Waals surface area (Å²) in [5, 5.41) is 6.48. The highest BCUT2D eigenvalue weighted by Crippen LogP contribution is 2.23. The van der Waals surface area contributed by atoms with Crippen LogP contribution in [0.2, 0.25) is 5.02 Å². The minimum absolute atomic E-state index is 0.740. The van der Waals surface area contributed by atoms with E-state index in [0.717, 1.165) is 22.6 Å². The van der Waals surface area contributed by atoms with E-state index in [1.807, 2.05) is 48.8 Å². The number of benzene rings is 2. The average molecular weight is 269 g/mol. The SMILES string of the molecule is Clc1ccccc1NCc1cccc2cnccc12. The second-order valence-electron chi connectivity index (χ2n) is 4.35. The predicted molar refractivity (Wildman–Crippen MR) is 80.5 cm³/mol. The van der Waals surface area contributed by atoms with Crippen molar-refractivity contribution < 1.29 is 0 Å². The highest BCUT2D eigenvalue weighted by Gasteiger charge is 2.02. The van der Waals surface area contributed by atoms with Gasteiger partial charge in [0.2, 0.25) is 0 Å². The van der Waals surface area contributed by atoms with Gasteiger partial charge in [0.25, 0.3) is 0 Å². The van der Waals surface area contributed by atoms with Gasteiger partial charge in [-0.1, -0.05) is 41.9 Å². The lowest BCUT2D eigenvalue weighted by atomic mass is 10.1. The molecule has 3 heteroatoms. The first kappa shape index (κ1) is 12.0. The zero-order chi connectivity index (χ0) is 13.1. The molecule has 0 radical (unpaired) electrons. The summed E-state index contributed by atoms with van der Waals surface area (Å²) in [7, 11) is 0. The van der Waals surface area contributed by atoms with Crippen LogP contribution in [0.4, 0.5) is 5.69 Å². The van der Waals surface area contributed by atoms with Gasteiger partial charge in [-0.3, -0.25) is 4.98 Å². The molecule has 0 spiro atoms. The molecule has 1 N–H and O–H groups in total. The summed E-state index contributed by atoms with van der Waals surface area (Å²) in [5.74, 6) is 0. The van der Waals surface area contributed by atoms with Crippen LogP contribution in [0, 0.1) is 0 Å². The number of hydrogen-bond donors (Lipinski definition) is 1. The number of rotatable bonds is 3. The summed E-state index contributed by atoms with van der Waals surface area (Å²) in [6, 6.07) is 16.0. The molecule has 0 aliphatic heterocycles. The first-order valence-electron chi connectivity index (χ1n) is 6.14. The smallest absolute Gasteiger partial charge is 0.0637 e. The Kier molecular flexibility index (Phi) is 3.34. The molecule has 1 aromatic heterocycles. The molecule has 3 rings (SSSR count). The van der Waals surface area contributed by atoms with Crippen molar-refractivity contribution in [2.45, 2.75) is 6.54 Å². The van der Waals surface area contributed by atoms with Gasteiger partial charge in [-0.2, -0.15) is 0 Å². The van der Waals surface area contributed by atoms with E-state index in [1.165, 1.54) is 10.9 Å². The zero-order valence-electron chi connectivity index (χ0n) is 10.3. The Balaban J connectivity index is 1.88. The number of nitrogens with one attached hydrogen (secondary N) is 1. The number of pyridine rings is 1. The fourth-order valence-corrected chi connectivity index (χ4v) is 2.34. The number of para-hydroxylation sites is 1. The van der Waals surface area contributed by atoms with E-state index in [1.54, 1.807) is 0 Å². The topological polar surface area (TPSA) is 24.9 Å². The summed E-state index contributed by atoms with van der Waals surface area (Å²) in [4.78, 5) is 4.14. The Morgan fingerprint density at radius 3 is 2.79 bits per heavy atom. The van der Waals surface area contributed by atoms with Crippen molar-refractivity contribution in [3.63, 3.8) is 0 Å². The molecule has 0 saturated heterocycles. The Hall–Kier alpha value is -2.06. The molecule has 0 fully saturated rings.